The fourth-order valence-corrected chi connectivity index (χ4v) is 7.51. The number of piperidine rings is 1. The van der Waals surface area contributed by atoms with E-state index >= 15 is 0 Å². The molecule has 0 aliphatic carbocycles. The summed E-state index contributed by atoms with van der Waals surface area (Å²) < 4.78 is 59.9. The van der Waals surface area contributed by atoms with Gasteiger partial charge in [0, 0.05) is 43.6 Å². The Bertz CT molecular complexity index is 1660. The molecule has 4 aromatic rings. The third kappa shape index (κ3) is 8.09. The molecule has 9 nitrogen and oxygen atoms in total. The third-order valence-corrected chi connectivity index (χ3v) is 9.39. The molecule has 0 amide bonds. The molecule has 3 aromatic carbocycles. The zero-order chi connectivity index (χ0) is 29.6. The van der Waals surface area contributed by atoms with Gasteiger partial charge in [-0.15, -0.1) is 0 Å². The van der Waals surface area contributed by atoms with E-state index in [9.17, 15) is 16.8 Å². The van der Waals surface area contributed by atoms with Crippen molar-refractivity contribution in [3.05, 3.63) is 114 Å². The first kappa shape index (κ1) is 29.6. The Morgan fingerprint density at radius 2 is 1.48 bits per heavy atom. The molecule has 5 rings (SSSR count). The van der Waals surface area contributed by atoms with E-state index < -0.39 is 20.0 Å². The van der Waals surface area contributed by atoms with Crippen LogP contribution in [0.4, 0.5) is 11.4 Å². The highest BCUT2D eigenvalue weighted by atomic mass is 32.2. The van der Waals surface area contributed by atoms with E-state index in [1.54, 1.807) is 40.8 Å². The average Bonchev–Trinajstić information content (AvgIpc) is 2.96. The second kappa shape index (κ2) is 12.9. The quantitative estimate of drug-likeness (QED) is 0.249. The molecule has 2 heterocycles. The lowest BCUT2D eigenvalue weighted by Crippen LogP contribution is -2.47. The van der Waals surface area contributed by atoms with Crippen molar-refractivity contribution in [1.29, 1.82) is 0 Å². The molecule has 1 aliphatic heterocycles. The Morgan fingerprint density at radius 1 is 0.833 bits per heavy atom. The molecular weight excluding hydrogens is 572 g/mol. The predicted molar refractivity (Wildman–Crippen MR) is 166 cm³/mol. The number of hydrogen-bond donors (Lipinski definition) is 1. The maximum absolute atomic E-state index is 13.7. The summed E-state index contributed by atoms with van der Waals surface area (Å²) in [5.41, 5.74) is 2.97. The summed E-state index contributed by atoms with van der Waals surface area (Å²) in [6.07, 6.45) is 4.33. The van der Waals surface area contributed by atoms with E-state index in [1.807, 2.05) is 66.7 Å². The summed E-state index contributed by atoms with van der Waals surface area (Å²) in [5, 5.41) is 0. The number of nitrogens with zero attached hydrogens (tertiary/aromatic N) is 3. The fraction of sp³-hybridized carbons (Fsp3) is 0.258. The van der Waals surface area contributed by atoms with Crippen LogP contribution in [0.3, 0.4) is 0 Å². The standard InChI is InChI=1S/C31H34N4O5S2/c1-41(36,37)33-27-13-15-30(16-14-27)40-31-17-12-26(22-32-31)23-34-20-18-29(19-21-34)35(28-10-6-3-7-11-28)42(38,39)24-25-8-4-2-5-9-25/h2-17,22,29,33H,18-21,23-24H2,1H3. The Morgan fingerprint density at radius 3 is 2.07 bits per heavy atom. The summed E-state index contributed by atoms with van der Waals surface area (Å²) in [6.45, 7) is 2.23. The Kier molecular flexibility index (Phi) is 9.10. The van der Waals surface area contributed by atoms with E-state index in [4.69, 9.17) is 4.74 Å². The summed E-state index contributed by atoms with van der Waals surface area (Å²) in [5.74, 6) is 0.940. The van der Waals surface area contributed by atoms with Crippen molar-refractivity contribution in [2.45, 2.75) is 31.2 Å². The summed E-state index contributed by atoms with van der Waals surface area (Å²) in [6, 6.07) is 28.9. The van der Waals surface area contributed by atoms with Crippen molar-refractivity contribution in [2.75, 3.05) is 28.4 Å². The zero-order valence-corrected chi connectivity index (χ0v) is 25.0. The third-order valence-electron chi connectivity index (χ3n) is 6.97. The number of anilines is 2. The van der Waals surface area contributed by atoms with Gasteiger partial charge in [-0.1, -0.05) is 54.6 Å². The number of nitrogens with one attached hydrogen (secondary N) is 1. The van der Waals surface area contributed by atoms with E-state index in [1.165, 1.54) is 0 Å². The van der Waals surface area contributed by atoms with Gasteiger partial charge in [-0.05, 0) is 60.4 Å². The number of para-hydroxylation sites is 1. The Labute approximate surface area is 247 Å². The number of hydrogen-bond acceptors (Lipinski definition) is 7. The molecule has 0 bridgehead atoms. The second-order valence-electron chi connectivity index (χ2n) is 10.4. The second-order valence-corrected chi connectivity index (χ2v) is 14.0. The number of sulfonamides is 2. The van der Waals surface area contributed by atoms with E-state index in [0.717, 1.165) is 43.3 Å². The van der Waals surface area contributed by atoms with Crippen LogP contribution < -0.4 is 13.8 Å². The molecule has 1 saturated heterocycles. The first-order valence-electron chi connectivity index (χ1n) is 13.7. The minimum absolute atomic E-state index is 0.0370. The number of pyridine rings is 1. The van der Waals surface area contributed by atoms with Crippen LogP contribution in [0.5, 0.6) is 11.6 Å². The van der Waals surface area contributed by atoms with Gasteiger partial charge in [0.05, 0.1) is 17.7 Å². The van der Waals surface area contributed by atoms with E-state index in [2.05, 4.69) is 14.6 Å². The van der Waals surface area contributed by atoms with Gasteiger partial charge in [0.2, 0.25) is 25.9 Å². The lowest BCUT2D eigenvalue weighted by molar-refractivity contribution is 0.206. The maximum atomic E-state index is 13.7. The van der Waals surface area contributed by atoms with Gasteiger partial charge < -0.3 is 4.74 Å². The highest BCUT2D eigenvalue weighted by molar-refractivity contribution is 7.92. The van der Waals surface area contributed by atoms with Gasteiger partial charge in [0.15, 0.2) is 0 Å². The minimum Gasteiger partial charge on any atom is -0.439 e. The van der Waals surface area contributed by atoms with Crippen molar-refractivity contribution in [2.24, 2.45) is 0 Å². The van der Waals surface area contributed by atoms with Crippen LogP contribution in [0.2, 0.25) is 0 Å². The number of rotatable bonds is 11. The number of ether oxygens (including phenoxy) is 1. The van der Waals surface area contributed by atoms with Crippen molar-refractivity contribution in [3.63, 3.8) is 0 Å². The van der Waals surface area contributed by atoms with Gasteiger partial charge in [0.25, 0.3) is 0 Å². The molecule has 1 N–H and O–H groups in total. The normalized spacial score (nSPS) is 14.8. The minimum atomic E-state index is -3.59. The molecule has 0 radical (unpaired) electrons. The zero-order valence-electron chi connectivity index (χ0n) is 23.3. The molecule has 11 heteroatoms. The fourth-order valence-electron chi connectivity index (χ4n) is 5.09. The first-order valence-corrected chi connectivity index (χ1v) is 17.2. The van der Waals surface area contributed by atoms with Crippen LogP contribution in [0.25, 0.3) is 0 Å². The van der Waals surface area contributed by atoms with Gasteiger partial charge >= 0.3 is 0 Å². The highest BCUT2D eigenvalue weighted by Crippen LogP contribution is 2.29. The van der Waals surface area contributed by atoms with Crippen LogP contribution in [-0.2, 0) is 32.3 Å². The SMILES string of the molecule is CS(=O)(=O)Nc1ccc(Oc2ccc(CN3CCC(N(c4ccccc4)S(=O)(=O)Cc4ccccc4)CC3)cn2)cc1. The van der Waals surface area contributed by atoms with Crippen LogP contribution in [0.1, 0.15) is 24.0 Å². The van der Waals surface area contributed by atoms with E-state index in [-0.39, 0.29) is 11.8 Å². The molecule has 0 atom stereocenters. The molecule has 0 spiro atoms. The van der Waals surface area contributed by atoms with Gasteiger partial charge in [0.1, 0.15) is 5.75 Å². The van der Waals surface area contributed by atoms with Crippen LogP contribution in [-0.4, -0.2) is 52.1 Å². The molecule has 0 saturated carbocycles. The number of benzene rings is 3. The summed E-state index contributed by atoms with van der Waals surface area (Å²) in [7, 11) is -6.93. The number of aromatic nitrogens is 1. The van der Waals surface area contributed by atoms with Crippen LogP contribution in [0.15, 0.2) is 103 Å². The molecule has 1 aliphatic rings. The molecule has 1 fully saturated rings. The first-order chi connectivity index (χ1) is 20.1. The van der Waals surface area contributed by atoms with Crippen molar-refractivity contribution in [3.8, 4) is 11.6 Å². The topological polar surface area (TPSA) is 109 Å². The lowest BCUT2D eigenvalue weighted by atomic mass is 10.0. The smallest absolute Gasteiger partial charge is 0.239 e. The van der Waals surface area contributed by atoms with E-state index in [0.29, 0.717) is 29.5 Å². The molecule has 220 valence electrons. The molecule has 42 heavy (non-hydrogen) atoms. The predicted octanol–water partition coefficient (Wildman–Crippen LogP) is 5.25. The lowest BCUT2D eigenvalue weighted by Gasteiger charge is -2.39. The average molecular weight is 607 g/mol. The van der Waals surface area contributed by atoms with Gasteiger partial charge in [-0.3, -0.25) is 13.9 Å². The number of likely N-dealkylation sites (tertiary alicyclic amines) is 1. The largest absolute Gasteiger partial charge is 0.439 e. The van der Waals surface area contributed by atoms with Crippen molar-refractivity contribution in [1.82, 2.24) is 9.88 Å². The monoisotopic (exact) mass is 606 g/mol. The van der Waals surface area contributed by atoms with Gasteiger partial charge in [-0.25, -0.2) is 21.8 Å². The summed E-state index contributed by atoms with van der Waals surface area (Å²) in [4.78, 5) is 6.74. The molecule has 1 aromatic heterocycles. The van der Waals surface area contributed by atoms with Crippen LogP contribution in [0, 0.1) is 0 Å². The highest BCUT2D eigenvalue weighted by Gasteiger charge is 2.33. The van der Waals surface area contributed by atoms with Gasteiger partial charge in [-0.2, -0.15) is 0 Å². The maximum Gasteiger partial charge on any atom is 0.239 e. The molecular formula is C31H34N4O5S2. The van der Waals surface area contributed by atoms with Crippen LogP contribution >= 0.6 is 0 Å². The Hall–Kier alpha value is -3.93. The van der Waals surface area contributed by atoms with Crippen molar-refractivity contribution < 1.29 is 21.6 Å². The molecule has 0 unspecified atom stereocenters. The summed E-state index contributed by atoms with van der Waals surface area (Å²) >= 11 is 0. The van der Waals surface area contributed by atoms with Crippen molar-refractivity contribution >= 4 is 31.4 Å². The Balaban J connectivity index is 1.18.